The summed E-state index contributed by atoms with van der Waals surface area (Å²) in [6, 6.07) is 0. The fraction of sp³-hybridized carbons (Fsp3) is 0.400. The van der Waals surface area contributed by atoms with Gasteiger partial charge in [0, 0.05) is 17.8 Å². The molecule has 0 spiro atoms. The van der Waals surface area contributed by atoms with Crippen LogP contribution >= 0.6 is 11.3 Å². The molecule has 1 N–H and O–H groups in total. The molecule has 0 aliphatic rings. The Morgan fingerprint density at radius 1 is 1.47 bits per heavy atom. The standard InChI is InChI=1S/C10H12N2O2S/c1-10(2,3)7-5-12-4-6(8(13)14)15-9(12)11-7/h4-5H,1-3H3,(H,13,14). The minimum absolute atomic E-state index is 0.00483. The van der Waals surface area contributed by atoms with Crippen molar-refractivity contribution in [1.29, 1.82) is 0 Å². The van der Waals surface area contributed by atoms with Crippen LogP contribution in [0.25, 0.3) is 4.96 Å². The molecule has 0 fully saturated rings. The Bertz CT molecular complexity index is 487. The maximum absolute atomic E-state index is 10.7. The van der Waals surface area contributed by atoms with E-state index in [1.165, 1.54) is 11.3 Å². The van der Waals surface area contributed by atoms with Crippen molar-refractivity contribution in [3.05, 3.63) is 23.0 Å². The Kier molecular flexibility index (Phi) is 2.08. The molecule has 0 saturated carbocycles. The number of carboxylic acids is 1. The molecule has 0 aliphatic heterocycles. The Morgan fingerprint density at radius 3 is 2.60 bits per heavy atom. The maximum Gasteiger partial charge on any atom is 0.347 e. The topological polar surface area (TPSA) is 54.6 Å². The first-order valence-electron chi connectivity index (χ1n) is 4.60. The molecule has 0 atom stereocenters. The van der Waals surface area contributed by atoms with Crippen LogP contribution in [-0.4, -0.2) is 20.5 Å². The van der Waals surface area contributed by atoms with Gasteiger partial charge in [0.25, 0.3) is 0 Å². The van der Waals surface area contributed by atoms with E-state index in [1.807, 2.05) is 6.20 Å². The summed E-state index contributed by atoms with van der Waals surface area (Å²) < 4.78 is 1.77. The van der Waals surface area contributed by atoms with Gasteiger partial charge in [-0.25, -0.2) is 9.78 Å². The second kappa shape index (κ2) is 3.06. The Labute approximate surface area is 91.2 Å². The highest BCUT2D eigenvalue weighted by Gasteiger charge is 2.19. The fourth-order valence-corrected chi connectivity index (χ4v) is 2.06. The van der Waals surface area contributed by atoms with E-state index < -0.39 is 5.97 Å². The van der Waals surface area contributed by atoms with Crippen molar-refractivity contribution >= 4 is 22.3 Å². The van der Waals surface area contributed by atoms with E-state index in [4.69, 9.17) is 5.11 Å². The zero-order chi connectivity index (χ0) is 11.2. The summed E-state index contributed by atoms with van der Waals surface area (Å²) in [5.41, 5.74) is 0.973. The Balaban J connectivity index is 2.52. The number of hydrogen-bond donors (Lipinski definition) is 1. The number of hydrogen-bond acceptors (Lipinski definition) is 3. The molecule has 0 amide bonds. The highest BCUT2D eigenvalue weighted by molar-refractivity contribution is 7.18. The summed E-state index contributed by atoms with van der Waals surface area (Å²) in [5.74, 6) is -0.900. The first kappa shape index (κ1) is 10.2. The third kappa shape index (κ3) is 1.74. The quantitative estimate of drug-likeness (QED) is 0.809. The number of carbonyl (C=O) groups is 1. The second-order valence-electron chi connectivity index (χ2n) is 4.47. The lowest BCUT2D eigenvalue weighted by molar-refractivity contribution is 0.0702. The van der Waals surface area contributed by atoms with E-state index in [0.717, 1.165) is 10.7 Å². The first-order chi connectivity index (χ1) is 6.88. The zero-order valence-electron chi connectivity index (χ0n) is 8.81. The highest BCUT2D eigenvalue weighted by atomic mass is 32.1. The predicted octanol–water partition coefficient (Wildman–Crippen LogP) is 2.39. The molecule has 80 valence electrons. The molecular formula is C10H12N2O2S. The van der Waals surface area contributed by atoms with Crippen LogP contribution in [0.4, 0.5) is 0 Å². The van der Waals surface area contributed by atoms with Gasteiger partial charge >= 0.3 is 5.97 Å². The van der Waals surface area contributed by atoms with Crippen LogP contribution in [0, 0.1) is 0 Å². The lowest BCUT2D eigenvalue weighted by Gasteiger charge is -2.13. The molecule has 0 aliphatic carbocycles. The first-order valence-corrected chi connectivity index (χ1v) is 5.42. The summed E-state index contributed by atoms with van der Waals surface area (Å²) in [6.07, 6.45) is 3.49. The van der Waals surface area contributed by atoms with Crippen LogP contribution in [0.15, 0.2) is 12.4 Å². The number of aromatic carboxylic acids is 1. The maximum atomic E-state index is 10.7. The number of nitrogens with zero attached hydrogens (tertiary/aromatic N) is 2. The van der Waals surface area contributed by atoms with Gasteiger partial charge in [-0.3, -0.25) is 4.40 Å². The van der Waals surface area contributed by atoms with Crippen LogP contribution in [-0.2, 0) is 5.41 Å². The van der Waals surface area contributed by atoms with Crippen molar-refractivity contribution in [2.24, 2.45) is 0 Å². The number of aromatic nitrogens is 2. The van der Waals surface area contributed by atoms with Gasteiger partial charge in [0.15, 0.2) is 4.96 Å². The average Bonchev–Trinajstić information content (AvgIpc) is 2.55. The lowest BCUT2D eigenvalue weighted by atomic mass is 9.93. The minimum Gasteiger partial charge on any atom is -0.477 e. The third-order valence-corrected chi connectivity index (χ3v) is 3.12. The zero-order valence-corrected chi connectivity index (χ0v) is 9.63. The largest absolute Gasteiger partial charge is 0.477 e. The molecule has 0 bridgehead atoms. The molecule has 0 unspecified atom stereocenters. The molecule has 2 rings (SSSR count). The number of rotatable bonds is 1. The molecule has 5 heteroatoms. The van der Waals surface area contributed by atoms with Crippen molar-refractivity contribution in [3.63, 3.8) is 0 Å². The van der Waals surface area contributed by atoms with Gasteiger partial charge < -0.3 is 5.11 Å². The Morgan fingerprint density at radius 2 is 2.13 bits per heavy atom. The molecule has 0 aromatic carbocycles. The summed E-state index contributed by atoms with van der Waals surface area (Å²) in [7, 11) is 0. The second-order valence-corrected chi connectivity index (χ2v) is 5.48. The Hall–Kier alpha value is -1.36. The van der Waals surface area contributed by atoms with Crippen LogP contribution in [0.5, 0.6) is 0 Å². The minimum atomic E-state index is -0.900. The van der Waals surface area contributed by atoms with Gasteiger partial charge in [0.1, 0.15) is 4.88 Å². The van der Waals surface area contributed by atoms with Crippen LogP contribution < -0.4 is 0 Å². The molecule has 2 aromatic rings. The van der Waals surface area contributed by atoms with Gasteiger partial charge in [-0.2, -0.15) is 0 Å². The highest BCUT2D eigenvalue weighted by Crippen LogP contribution is 2.25. The summed E-state index contributed by atoms with van der Waals surface area (Å²) in [6.45, 7) is 6.24. The molecule has 2 heterocycles. The molecule has 0 radical (unpaired) electrons. The van der Waals surface area contributed by atoms with E-state index >= 15 is 0 Å². The predicted molar refractivity (Wildman–Crippen MR) is 58.7 cm³/mol. The molecule has 15 heavy (non-hydrogen) atoms. The fourth-order valence-electron chi connectivity index (χ4n) is 1.26. The van der Waals surface area contributed by atoms with Crippen LogP contribution in [0.2, 0.25) is 0 Å². The average molecular weight is 224 g/mol. The van der Waals surface area contributed by atoms with Crippen molar-refractivity contribution in [2.45, 2.75) is 26.2 Å². The smallest absolute Gasteiger partial charge is 0.347 e. The van der Waals surface area contributed by atoms with Gasteiger partial charge in [-0.15, -0.1) is 0 Å². The molecule has 2 aromatic heterocycles. The van der Waals surface area contributed by atoms with Gasteiger partial charge in [-0.1, -0.05) is 32.1 Å². The van der Waals surface area contributed by atoms with Crippen LogP contribution in [0.3, 0.4) is 0 Å². The van der Waals surface area contributed by atoms with Gasteiger partial charge in [-0.05, 0) is 0 Å². The van der Waals surface area contributed by atoms with E-state index in [9.17, 15) is 4.79 Å². The monoisotopic (exact) mass is 224 g/mol. The SMILES string of the molecule is CC(C)(C)c1cn2cc(C(=O)O)sc2n1. The number of imidazole rings is 1. The van der Waals surface area contributed by atoms with Crippen molar-refractivity contribution < 1.29 is 9.90 Å². The summed E-state index contributed by atoms with van der Waals surface area (Å²) >= 11 is 1.19. The molecule has 0 saturated heterocycles. The number of fused-ring (bicyclic) bond motifs is 1. The van der Waals surface area contributed by atoms with Crippen molar-refractivity contribution in [3.8, 4) is 0 Å². The number of thiazole rings is 1. The molecule has 4 nitrogen and oxygen atoms in total. The molecular weight excluding hydrogens is 212 g/mol. The summed E-state index contributed by atoms with van der Waals surface area (Å²) in [5, 5.41) is 8.80. The van der Waals surface area contributed by atoms with Crippen molar-refractivity contribution in [1.82, 2.24) is 9.38 Å². The lowest BCUT2D eigenvalue weighted by Crippen LogP contribution is -2.11. The number of carboxylic acid groups (broad SMARTS) is 1. The van der Waals surface area contributed by atoms with Gasteiger partial charge in [0.2, 0.25) is 0 Å². The van der Waals surface area contributed by atoms with E-state index in [1.54, 1.807) is 10.6 Å². The van der Waals surface area contributed by atoms with E-state index in [2.05, 4.69) is 25.8 Å². The van der Waals surface area contributed by atoms with Crippen molar-refractivity contribution in [2.75, 3.05) is 0 Å². The normalized spacial score (nSPS) is 12.2. The van der Waals surface area contributed by atoms with E-state index in [-0.39, 0.29) is 5.41 Å². The van der Waals surface area contributed by atoms with Gasteiger partial charge in [0.05, 0.1) is 5.69 Å². The van der Waals surface area contributed by atoms with Crippen LogP contribution in [0.1, 0.15) is 36.1 Å². The summed E-state index contributed by atoms with van der Waals surface area (Å²) in [4.78, 5) is 16.2. The van der Waals surface area contributed by atoms with E-state index in [0.29, 0.717) is 4.88 Å². The third-order valence-electron chi connectivity index (χ3n) is 2.14.